The van der Waals surface area contributed by atoms with E-state index < -0.39 is 5.97 Å². The van der Waals surface area contributed by atoms with Crippen LogP contribution in [0.15, 0.2) is 24.3 Å². The summed E-state index contributed by atoms with van der Waals surface area (Å²) in [6.07, 6.45) is 0.0101. The molecule has 6 heteroatoms. The molecular weight excluding hydrogens is 335 g/mol. The molecule has 0 unspecified atom stereocenters. The molecular formula is C11H13IN2O3. The molecule has 1 aromatic rings. The molecule has 0 aliphatic rings. The summed E-state index contributed by atoms with van der Waals surface area (Å²) in [5.41, 5.74) is 0.762. The average molecular weight is 348 g/mol. The molecule has 0 spiro atoms. The summed E-state index contributed by atoms with van der Waals surface area (Å²) >= 11 is 2.13. The van der Waals surface area contributed by atoms with Gasteiger partial charge < -0.3 is 15.7 Å². The van der Waals surface area contributed by atoms with E-state index in [2.05, 4.69) is 33.2 Å². The number of rotatable bonds is 6. The second kappa shape index (κ2) is 7.23. The average Bonchev–Trinajstić information content (AvgIpc) is 2.27. The Morgan fingerprint density at radius 3 is 2.65 bits per heavy atom. The molecule has 1 amide bonds. The fourth-order valence-electron chi connectivity index (χ4n) is 1.15. The van der Waals surface area contributed by atoms with E-state index in [9.17, 15) is 9.59 Å². The lowest BCUT2D eigenvalue weighted by Crippen LogP contribution is -2.29. The van der Waals surface area contributed by atoms with E-state index in [4.69, 9.17) is 5.11 Å². The minimum absolute atomic E-state index is 0.0101. The quantitative estimate of drug-likeness (QED) is 0.535. The van der Waals surface area contributed by atoms with Gasteiger partial charge in [-0.3, -0.25) is 9.59 Å². The molecule has 92 valence electrons. The number of anilines is 1. The third kappa shape index (κ3) is 5.64. The Hall–Kier alpha value is -1.15. The van der Waals surface area contributed by atoms with E-state index in [0.717, 1.165) is 9.26 Å². The maximum atomic E-state index is 11.5. The van der Waals surface area contributed by atoms with Crippen molar-refractivity contribution in [3.8, 4) is 0 Å². The summed E-state index contributed by atoms with van der Waals surface area (Å²) in [7, 11) is 0. The zero-order chi connectivity index (χ0) is 12.7. The zero-order valence-corrected chi connectivity index (χ0v) is 11.2. The SMILES string of the molecule is O=C(O)CCNCC(=O)Nc1ccccc1I. The fraction of sp³-hybridized carbons (Fsp3) is 0.273. The van der Waals surface area contributed by atoms with Crippen LogP contribution in [0.5, 0.6) is 0 Å². The first kappa shape index (κ1) is 13.9. The number of hydrogen-bond donors (Lipinski definition) is 3. The van der Waals surface area contributed by atoms with E-state index in [1.54, 1.807) is 0 Å². The van der Waals surface area contributed by atoms with Gasteiger partial charge >= 0.3 is 5.97 Å². The van der Waals surface area contributed by atoms with Gasteiger partial charge in [-0.05, 0) is 34.7 Å². The second-order valence-electron chi connectivity index (χ2n) is 3.35. The van der Waals surface area contributed by atoms with Gasteiger partial charge in [-0.25, -0.2) is 0 Å². The molecule has 1 aromatic carbocycles. The van der Waals surface area contributed by atoms with Crippen LogP contribution in [0, 0.1) is 3.57 Å². The van der Waals surface area contributed by atoms with Crippen molar-refractivity contribution in [3.63, 3.8) is 0 Å². The van der Waals surface area contributed by atoms with Crippen LogP contribution >= 0.6 is 22.6 Å². The number of aliphatic carboxylic acids is 1. The summed E-state index contributed by atoms with van der Waals surface area (Å²) in [6, 6.07) is 7.45. The third-order valence-corrected chi connectivity index (χ3v) is 2.89. The van der Waals surface area contributed by atoms with Crippen LogP contribution in [-0.4, -0.2) is 30.1 Å². The Bertz CT molecular complexity index is 409. The van der Waals surface area contributed by atoms with Crippen LogP contribution in [0.25, 0.3) is 0 Å². The van der Waals surface area contributed by atoms with E-state index in [1.807, 2.05) is 24.3 Å². The van der Waals surface area contributed by atoms with Gasteiger partial charge in [0, 0.05) is 10.1 Å². The topological polar surface area (TPSA) is 78.4 Å². The molecule has 0 aliphatic heterocycles. The molecule has 0 heterocycles. The van der Waals surface area contributed by atoms with Crippen molar-refractivity contribution in [2.45, 2.75) is 6.42 Å². The maximum absolute atomic E-state index is 11.5. The van der Waals surface area contributed by atoms with Crippen molar-refractivity contribution in [1.82, 2.24) is 5.32 Å². The van der Waals surface area contributed by atoms with Gasteiger partial charge in [0.05, 0.1) is 18.7 Å². The number of carbonyl (C=O) groups excluding carboxylic acids is 1. The Morgan fingerprint density at radius 1 is 1.29 bits per heavy atom. The molecule has 0 fully saturated rings. The van der Waals surface area contributed by atoms with E-state index >= 15 is 0 Å². The zero-order valence-electron chi connectivity index (χ0n) is 9.07. The number of benzene rings is 1. The van der Waals surface area contributed by atoms with Gasteiger partial charge in [0.25, 0.3) is 0 Å². The molecule has 3 N–H and O–H groups in total. The highest BCUT2D eigenvalue weighted by molar-refractivity contribution is 14.1. The Labute approximate surface area is 113 Å². The van der Waals surface area contributed by atoms with Crippen molar-refractivity contribution in [2.75, 3.05) is 18.4 Å². The van der Waals surface area contributed by atoms with Gasteiger partial charge in [-0.2, -0.15) is 0 Å². The van der Waals surface area contributed by atoms with E-state index in [1.165, 1.54) is 0 Å². The predicted molar refractivity (Wildman–Crippen MR) is 72.9 cm³/mol. The Morgan fingerprint density at radius 2 is 2.00 bits per heavy atom. The Kier molecular flexibility index (Phi) is 5.92. The highest BCUT2D eigenvalue weighted by Crippen LogP contribution is 2.16. The molecule has 0 atom stereocenters. The number of hydrogen-bond acceptors (Lipinski definition) is 3. The van der Waals surface area contributed by atoms with Crippen LogP contribution in [-0.2, 0) is 9.59 Å². The van der Waals surface area contributed by atoms with Crippen LogP contribution in [0.4, 0.5) is 5.69 Å². The summed E-state index contributed by atoms with van der Waals surface area (Å²) < 4.78 is 0.962. The summed E-state index contributed by atoms with van der Waals surface area (Å²) in [6.45, 7) is 0.396. The van der Waals surface area contributed by atoms with Crippen molar-refractivity contribution >= 4 is 40.2 Å². The van der Waals surface area contributed by atoms with Crippen molar-refractivity contribution in [2.24, 2.45) is 0 Å². The molecule has 0 bridgehead atoms. The van der Waals surface area contributed by atoms with Crippen LogP contribution < -0.4 is 10.6 Å². The van der Waals surface area contributed by atoms with Gasteiger partial charge in [0.1, 0.15) is 0 Å². The predicted octanol–water partition coefficient (Wildman–Crippen LogP) is 1.29. The third-order valence-electron chi connectivity index (χ3n) is 1.95. The van der Waals surface area contributed by atoms with Crippen molar-refractivity contribution < 1.29 is 14.7 Å². The molecule has 5 nitrogen and oxygen atoms in total. The van der Waals surface area contributed by atoms with E-state index in [-0.39, 0.29) is 25.4 Å². The lowest BCUT2D eigenvalue weighted by Gasteiger charge is -2.07. The molecule has 1 rings (SSSR count). The van der Waals surface area contributed by atoms with Gasteiger partial charge in [-0.1, -0.05) is 12.1 Å². The second-order valence-corrected chi connectivity index (χ2v) is 4.51. The standard InChI is InChI=1S/C11H13IN2O3/c12-8-3-1-2-4-9(8)14-10(15)7-13-6-5-11(16)17/h1-4,13H,5-7H2,(H,14,15)(H,16,17). The Balaban J connectivity index is 2.30. The van der Waals surface area contributed by atoms with Crippen molar-refractivity contribution in [1.29, 1.82) is 0 Å². The first-order valence-electron chi connectivity index (χ1n) is 5.06. The monoisotopic (exact) mass is 348 g/mol. The highest BCUT2D eigenvalue weighted by atomic mass is 127. The lowest BCUT2D eigenvalue weighted by molar-refractivity contribution is -0.137. The lowest BCUT2D eigenvalue weighted by atomic mass is 10.3. The van der Waals surface area contributed by atoms with Crippen LogP contribution in [0.3, 0.4) is 0 Å². The molecule has 0 saturated heterocycles. The van der Waals surface area contributed by atoms with Crippen LogP contribution in [0.2, 0.25) is 0 Å². The summed E-state index contributed by atoms with van der Waals surface area (Å²) in [4.78, 5) is 21.7. The largest absolute Gasteiger partial charge is 0.481 e. The van der Waals surface area contributed by atoms with Crippen LogP contribution in [0.1, 0.15) is 6.42 Å². The number of nitrogens with one attached hydrogen (secondary N) is 2. The van der Waals surface area contributed by atoms with Crippen molar-refractivity contribution in [3.05, 3.63) is 27.8 Å². The molecule has 0 aromatic heterocycles. The number of para-hydroxylation sites is 1. The highest BCUT2D eigenvalue weighted by Gasteiger charge is 2.04. The summed E-state index contributed by atoms with van der Waals surface area (Å²) in [5, 5.41) is 13.9. The van der Waals surface area contributed by atoms with Gasteiger partial charge in [0.2, 0.25) is 5.91 Å². The van der Waals surface area contributed by atoms with Gasteiger partial charge in [0.15, 0.2) is 0 Å². The first-order chi connectivity index (χ1) is 8.09. The molecule has 17 heavy (non-hydrogen) atoms. The minimum Gasteiger partial charge on any atom is -0.481 e. The van der Waals surface area contributed by atoms with E-state index in [0.29, 0.717) is 0 Å². The minimum atomic E-state index is -0.879. The molecule has 0 saturated carbocycles. The van der Waals surface area contributed by atoms with Gasteiger partial charge in [-0.15, -0.1) is 0 Å². The smallest absolute Gasteiger partial charge is 0.304 e. The molecule has 0 radical (unpaired) electrons. The number of carboxylic acids is 1. The fourth-order valence-corrected chi connectivity index (χ4v) is 1.68. The molecule has 0 aliphatic carbocycles. The number of carbonyl (C=O) groups is 2. The number of carboxylic acid groups (broad SMARTS) is 1. The summed E-state index contributed by atoms with van der Waals surface area (Å²) in [5.74, 6) is -1.06. The number of halogens is 1. The first-order valence-corrected chi connectivity index (χ1v) is 6.14. The maximum Gasteiger partial charge on any atom is 0.304 e. The number of amides is 1. The normalized spacial score (nSPS) is 9.94.